The summed E-state index contributed by atoms with van der Waals surface area (Å²) in [4.78, 5) is 24.4. The van der Waals surface area contributed by atoms with Crippen LogP contribution in [0.15, 0.2) is 76.7 Å². The molecule has 0 radical (unpaired) electrons. The standard InChI is InChI=1S/C32H38O6/c1-7-10-11-12-23(8-2)24-14-16-27(30(19-24)35-6)28-18-25-13-15-26(20-29(25)38-32(28)34)36-21(4)17-22(5)37-31(33)9-3/h9,13-16,18-20,22-23H,3-4,7-8,10-12,17H2,1-2,5-6H3. The third-order valence-electron chi connectivity index (χ3n) is 6.60. The summed E-state index contributed by atoms with van der Waals surface area (Å²) in [5, 5.41) is 0.753. The minimum Gasteiger partial charge on any atom is -0.496 e. The van der Waals surface area contributed by atoms with E-state index < -0.39 is 17.7 Å². The number of unbranched alkanes of at least 4 members (excludes halogenated alkanes) is 2. The summed E-state index contributed by atoms with van der Waals surface area (Å²) in [6.07, 6.45) is 6.84. The number of hydrogen-bond acceptors (Lipinski definition) is 6. The molecule has 3 aromatic rings. The second kappa shape index (κ2) is 13.7. The van der Waals surface area contributed by atoms with Gasteiger partial charge in [-0.1, -0.05) is 58.4 Å². The molecular formula is C32H38O6. The predicted octanol–water partition coefficient (Wildman–Crippen LogP) is 7.94. The third-order valence-corrected chi connectivity index (χ3v) is 6.60. The summed E-state index contributed by atoms with van der Waals surface area (Å²) < 4.78 is 22.3. The molecule has 0 aliphatic rings. The van der Waals surface area contributed by atoms with Crippen LogP contribution in [-0.4, -0.2) is 19.2 Å². The van der Waals surface area contributed by atoms with E-state index in [1.807, 2.05) is 18.2 Å². The molecule has 0 N–H and O–H groups in total. The van der Waals surface area contributed by atoms with E-state index in [4.69, 9.17) is 18.6 Å². The fourth-order valence-corrected chi connectivity index (χ4v) is 4.59. The average Bonchev–Trinajstić information content (AvgIpc) is 2.90. The van der Waals surface area contributed by atoms with Crippen molar-refractivity contribution in [2.75, 3.05) is 7.11 Å². The van der Waals surface area contributed by atoms with Gasteiger partial charge in [0.15, 0.2) is 0 Å². The molecule has 6 nitrogen and oxygen atoms in total. The summed E-state index contributed by atoms with van der Waals surface area (Å²) in [5.74, 6) is 1.50. The Morgan fingerprint density at radius 1 is 1.08 bits per heavy atom. The Morgan fingerprint density at radius 2 is 1.87 bits per heavy atom. The normalized spacial score (nSPS) is 12.5. The molecular weight excluding hydrogens is 480 g/mol. The number of carbonyl (C=O) groups excluding carboxylic acids is 1. The van der Waals surface area contributed by atoms with E-state index >= 15 is 0 Å². The molecule has 202 valence electrons. The maximum atomic E-state index is 13.0. The first-order chi connectivity index (χ1) is 18.3. The van der Waals surface area contributed by atoms with Gasteiger partial charge in [-0.05, 0) is 55.5 Å². The van der Waals surface area contributed by atoms with Crippen molar-refractivity contribution in [1.82, 2.24) is 0 Å². The minimum absolute atomic E-state index is 0.313. The van der Waals surface area contributed by atoms with Crippen molar-refractivity contribution < 1.29 is 23.4 Å². The van der Waals surface area contributed by atoms with Crippen LogP contribution >= 0.6 is 0 Å². The van der Waals surface area contributed by atoms with Crippen molar-refractivity contribution in [3.05, 3.63) is 83.4 Å². The lowest BCUT2D eigenvalue weighted by Crippen LogP contribution is -2.14. The Kier molecular flexibility index (Phi) is 10.3. The van der Waals surface area contributed by atoms with Crippen molar-refractivity contribution in [1.29, 1.82) is 0 Å². The molecule has 1 aromatic heterocycles. The van der Waals surface area contributed by atoms with E-state index in [1.54, 1.807) is 26.2 Å². The highest BCUT2D eigenvalue weighted by atomic mass is 16.5. The zero-order valence-corrected chi connectivity index (χ0v) is 22.9. The van der Waals surface area contributed by atoms with Crippen molar-refractivity contribution >= 4 is 16.9 Å². The zero-order valence-electron chi connectivity index (χ0n) is 22.9. The Balaban J connectivity index is 1.83. The summed E-state index contributed by atoms with van der Waals surface area (Å²) in [6, 6.07) is 13.2. The topological polar surface area (TPSA) is 75.0 Å². The second-order valence-electron chi connectivity index (χ2n) is 9.50. The summed E-state index contributed by atoms with van der Waals surface area (Å²) in [7, 11) is 1.62. The lowest BCUT2D eigenvalue weighted by Gasteiger charge is -2.18. The minimum atomic E-state index is -0.503. The van der Waals surface area contributed by atoms with Gasteiger partial charge in [0.25, 0.3) is 0 Å². The number of esters is 1. The van der Waals surface area contributed by atoms with Crippen LogP contribution in [-0.2, 0) is 9.53 Å². The first kappa shape index (κ1) is 28.8. The van der Waals surface area contributed by atoms with Crippen LogP contribution in [0.1, 0.15) is 70.8 Å². The number of carbonyl (C=O) groups is 1. The molecule has 0 spiro atoms. The van der Waals surface area contributed by atoms with Crippen LogP contribution in [0, 0.1) is 0 Å². The fraction of sp³-hybridized carbons (Fsp3) is 0.375. The first-order valence-electron chi connectivity index (χ1n) is 13.2. The molecule has 0 saturated carbocycles. The van der Waals surface area contributed by atoms with E-state index in [2.05, 4.69) is 39.1 Å². The van der Waals surface area contributed by atoms with Crippen molar-refractivity contribution in [3.8, 4) is 22.6 Å². The van der Waals surface area contributed by atoms with Gasteiger partial charge in [0.1, 0.15) is 28.9 Å². The van der Waals surface area contributed by atoms with E-state index in [0.29, 0.717) is 46.3 Å². The van der Waals surface area contributed by atoms with Crippen LogP contribution in [0.5, 0.6) is 11.5 Å². The molecule has 2 unspecified atom stereocenters. The van der Waals surface area contributed by atoms with Crippen molar-refractivity contribution in [3.63, 3.8) is 0 Å². The summed E-state index contributed by atoms with van der Waals surface area (Å²) >= 11 is 0. The first-order valence-corrected chi connectivity index (χ1v) is 13.2. The SMILES string of the molecule is C=CC(=O)OC(C)CC(=C)Oc1ccc2cc(-c3ccc(C(CC)CCCCC)cc3OC)c(=O)oc2c1. The van der Waals surface area contributed by atoms with Crippen LogP contribution in [0.4, 0.5) is 0 Å². The molecule has 1 heterocycles. The molecule has 2 atom stereocenters. The number of benzene rings is 2. The quantitative estimate of drug-likeness (QED) is 0.0709. The highest BCUT2D eigenvalue weighted by Crippen LogP contribution is 2.35. The number of fused-ring (bicyclic) bond motifs is 1. The molecule has 0 bridgehead atoms. The van der Waals surface area contributed by atoms with E-state index in [-0.39, 0.29) is 0 Å². The third kappa shape index (κ3) is 7.37. The molecule has 0 aliphatic carbocycles. The van der Waals surface area contributed by atoms with E-state index in [0.717, 1.165) is 24.3 Å². The predicted molar refractivity (Wildman–Crippen MR) is 152 cm³/mol. The molecule has 6 heteroatoms. The Hall–Kier alpha value is -3.80. The fourth-order valence-electron chi connectivity index (χ4n) is 4.59. The van der Waals surface area contributed by atoms with Crippen LogP contribution in [0.25, 0.3) is 22.1 Å². The van der Waals surface area contributed by atoms with Gasteiger partial charge in [0, 0.05) is 29.5 Å². The monoisotopic (exact) mass is 518 g/mol. The summed E-state index contributed by atoms with van der Waals surface area (Å²) in [5.41, 5.74) is 2.31. The Labute approximate surface area is 224 Å². The molecule has 2 aromatic carbocycles. The van der Waals surface area contributed by atoms with Crippen LogP contribution < -0.4 is 15.1 Å². The van der Waals surface area contributed by atoms with Gasteiger partial charge in [-0.15, -0.1) is 0 Å². The highest BCUT2D eigenvalue weighted by Gasteiger charge is 2.17. The van der Waals surface area contributed by atoms with Crippen LogP contribution in [0.2, 0.25) is 0 Å². The van der Waals surface area contributed by atoms with Gasteiger partial charge in [-0.3, -0.25) is 0 Å². The highest BCUT2D eigenvalue weighted by molar-refractivity contribution is 5.84. The maximum absolute atomic E-state index is 13.0. The molecule has 3 rings (SSSR count). The van der Waals surface area contributed by atoms with Gasteiger partial charge >= 0.3 is 11.6 Å². The molecule has 0 aliphatic heterocycles. The van der Waals surface area contributed by atoms with Gasteiger partial charge < -0.3 is 18.6 Å². The van der Waals surface area contributed by atoms with Gasteiger partial charge in [-0.25, -0.2) is 9.59 Å². The van der Waals surface area contributed by atoms with Gasteiger partial charge in [-0.2, -0.15) is 0 Å². The molecule has 0 saturated heterocycles. The lowest BCUT2D eigenvalue weighted by atomic mass is 9.89. The molecule has 0 amide bonds. The second-order valence-corrected chi connectivity index (χ2v) is 9.50. The number of hydrogen-bond donors (Lipinski definition) is 0. The van der Waals surface area contributed by atoms with Crippen LogP contribution in [0.3, 0.4) is 0 Å². The van der Waals surface area contributed by atoms with E-state index in [1.165, 1.54) is 24.8 Å². The zero-order chi connectivity index (χ0) is 27.7. The molecule has 38 heavy (non-hydrogen) atoms. The summed E-state index contributed by atoms with van der Waals surface area (Å²) in [6.45, 7) is 13.4. The van der Waals surface area contributed by atoms with Gasteiger partial charge in [0.05, 0.1) is 12.7 Å². The Morgan fingerprint density at radius 3 is 2.55 bits per heavy atom. The van der Waals surface area contributed by atoms with Crippen molar-refractivity contribution in [2.24, 2.45) is 0 Å². The Bertz CT molecular complexity index is 1340. The maximum Gasteiger partial charge on any atom is 0.344 e. The number of ether oxygens (including phenoxy) is 3. The van der Waals surface area contributed by atoms with E-state index in [9.17, 15) is 9.59 Å². The number of rotatable bonds is 14. The largest absolute Gasteiger partial charge is 0.496 e. The smallest absolute Gasteiger partial charge is 0.344 e. The average molecular weight is 519 g/mol. The molecule has 0 fully saturated rings. The van der Waals surface area contributed by atoms with Crippen molar-refractivity contribution in [2.45, 2.75) is 71.3 Å². The lowest BCUT2D eigenvalue weighted by molar-refractivity contribution is -0.142. The van der Waals surface area contributed by atoms with Gasteiger partial charge in [0.2, 0.25) is 0 Å². The number of methoxy groups -OCH3 is 1.